The van der Waals surface area contributed by atoms with Crippen LogP contribution in [0.4, 0.5) is 21.0 Å². The van der Waals surface area contributed by atoms with Gasteiger partial charge >= 0.3 is 12.2 Å². The van der Waals surface area contributed by atoms with Crippen LogP contribution in [0.25, 0.3) is 0 Å². The maximum absolute atomic E-state index is 14.2. The second-order valence-corrected chi connectivity index (χ2v) is 23.9. The molecule has 0 unspecified atom stereocenters. The summed E-state index contributed by atoms with van der Waals surface area (Å²) in [6.45, 7) is 10.7. The van der Waals surface area contributed by atoms with Crippen LogP contribution in [0, 0.1) is 27.9 Å². The maximum Gasteiger partial charge on any atom is 0.514 e. The number of aldehydes is 1. The summed E-state index contributed by atoms with van der Waals surface area (Å²) in [5.41, 5.74) is 6.22. The number of unbranched alkanes of at least 4 members (excludes halogenated alkanes) is 2. The maximum atomic E-state index is 14.2. The zero-order valence-electron chi connectivity index (χ0n) is 56.9. The normalized spacial score (nSPS) is 12.0. The third-order valence-electron chi connectivity index (χ3n) is 13.5. The number of aromatic nitrogens is 2. The Hall–Kier alpha value is -8.41. The highest BCUT2D eigenvalue weighted by Gasteiger charge is 2.32. The van der Waals surface area contributed by atoms with Crippen LogP contribution in [0.1, 0.15) is 82.8 Å². The number of sulfone groups is 1. The van der Waals surface area contributed by atoms with Crippen LogP contribution in [-0.2, 0) is 97.3 Å². The first-order valence-corrected chi connectivity index (χ1v) is 34.6. The van der Waals surface area contributed by atoms with Crippen molar-refractivity contribution in [2.24, 2.45) is 11.7 Å². The number of nitrogens with two attached hydrogens (primary N) is 1. The Morgan fingerprint density at radius 2 is 1.09 bits per heavy atom. The molecule has 3 aromatic rings. The molecular weight excluding hydrogens is 1340 g/mol. The number of nitro benzene ring substituents is 1. The highest BCUT2D eigenvalue weighted by Crippen LogP contribution is 2.19. The summed E-state index contributed by atoms with van der Waals surface area (Å²) in [6.07, 6.45) is 4.80. The van der Waals surface area contributed by atoms with E-state index in [4.69, 9.17) is 62.6 Å². The number of urea groups is 1. The zero-order valence-corrected chi connectivity index (χ0v) is 57.7. The van der Waals surface area contributed by atoms with E-state index in [9.17, 15) is 56.9 Å². The standard InChI is InChI=1S/C65H96N10O24S/c1-49(2)59(62(81)73-56(12-9-24-68-63(66)82)60(79)71-52-16-14-50(15-17-52)48-98-65(83)99-54-20-18-53(19-21-54)75(84)85)74-61(80)55(72-58(78)13-6-4-5-10-51-46-69-64(70-47-51)100(3,86)87)11-7-8-23-67-57(77)22-26-88-28-30-90-32-34-92-36-38-94-40-42-96-44-45-97-43-41-95-39-37-93-35-33-91-31-29-89-27-25-76/h14-21,25,46-47,49,55-56,59H,4,6-9,11-13,22-24,26-45,48H2,1-3H3,(H,67,77)(H,71,79)(H,72,78)(H,73,81)(H,74,80)(H3,66,68,82)/t55-,56-,59-/m0/s1. The summed E-state index contributed by atoms with van der Waals surface area (Å²) >= 11 is 0. The van der Waals surface area contributed by atoms with Gasteiger partial charge in [0, 0.05) is 68.8 Å². The average Bonchev–Trinajstić information content (AvgIpc) is 0.892. The smallest absolute Gasteiger partial charge is 0.429 e. The lowest BCUT2D eigenvalue weighted by atomic mass is 10.0. The summed E-state index contributed by atoms with van der Waals surface area (Å²) in [6, 6.07) is 6.61. The number of hydrogen-bond donors (Lipinski definition) is 7. The highest BCUT2D eigenvalue weighted by molar-refractivity contribution is 7.90. The molecule has 556 valence electrons. The number of carbonyl (C=O) groups excluding carboxylic acids is 8. The molecule has 0 saturated carbocycles. The van der Waals surface area contributed by atoms with Crippen molar-refractivity contribution in [3.8, 4) is 17.6 Å². The summed E-state index contributed by atoms with van der Waals surface area (Å²) in [5, 5.41) is 26.8. The van der Waals surface area contributed by atoms with Crippen molar-refractivity contribution in [1.82, 2.24) is 36.6 Å². The number of hydrogen-bond acceptors (Lipinski definition) is 26. The third kappa shape index (κ3) is 42.5. The molecule has 3 atom stereocenters. The van der Waals surface area contributed by atoms with Crippen molar-refractivity contribution in [2.45, 2.75) is 102 Å². The van der Waals surface area contributed by atoms with Gasteiger partial charge in [-0.15, -0.1) is 0 Å². The fraction of sp³-hybridized carbons (Fsp3) is 0.600. The van der Waals surface area contributed by atoms with Gasteiger partial charge in [-0.1, -0.05) is 37.8 Å². The van der Waals surface area contributed by atoms with Crippen molar-refractivity contribution in [3.63, 3.8) is 0 Å². The van der Waals surface area contributed by atoms with Crippen molar-refractivity contribution in [3.05, 3.63) is 82.2 Å². The van der Waals surface area contributed by atoms with E-state index in [1.807, 2.05) is 0 Å². The third-order valence-corrected chi connectivity index (χ3v) is 14.3. The molecule has 0 aliphatic rings. The number of nitrogens with one attached hydrogen (secondary N) is 6. The van der Waals surface area contributed by atoms with Crippen molar-refractivity contribution in [1.29, 1.82) is 0 Å². The summed E-state index contributed by atoms with van der Waals surface area (Å²) < 4.78 is 87.9. The predicted molar refractivity (Wildman–Crippen MR) is 358 cm³/mol. The van der Waals surface area contributed by atoms with E-state index in [2.05, 4.69) is 53.7 Å². The molecule has 1 aromatic heterocycles. The molecule has 35 heteroatoms. The quantitative estimate of drug-likeness (QED) is 0.00623. The first-order valence-electron chi connectivity index (χ1n) is 32.7. The molecular formula is C65H96N10O24S. The number of nitrogens with zero attached hydrogens (tertiary/aromatic N) is 3. The Balaban J connectivity index is 1.40. The number of nitro groups is 1. The van der Waals surface area contributed by atoms with E-state index in [1.54, 1.807) is 26.0 Å². The molecule has 34 nitrogen and oxygen atoms in total. The lowest BCUT2D eigenvalue weighted by Gasteiger charge is -2.27. The zero-order chi connectivity index (χ0) is 72.9. The Kier molecular flexibility index (Phi) is 45.9. The number of primary amides is 1. The second-order valence-electron chi connectivity index (χ2n) is 22.0. The van der Waals surface area contributed by atoms with Gasteiger partial charge < -0.3 is 99.3 Å². The van der Waals surface area contributed by atoms with Crippen LogP contribution in [0.2, 0.25) is 0 Å². The topological polar surface area (TPSA) is 449 Å². The van der Waals surface area contributed by atoms with Crippen LogP contribution < -0.4 is 42.4 Å². The summed E-state index contributed by atoms with van der Waals surface area (Å²) in [7, 11) is -3.60. The Labute approximate surface area is 581 Å². The molecule has 0 aliphatic heterocycles. The van der Waals surface area contributed by atoms with Crippen LogP contribution in [0.5, 0.6) is 5.75 Å². The highest BCUT2D eigenvalue weighted by atomic mass is 32.2. The molecule has 0 bridgehead atoms. The number of ether oxygens (including phenoxy) is 12. The molecule has 0 aliphatic carbocycles. The lowest BCUT2D eigenvalue weighted by molar-refractivity contribution is -0.384. The largest absolute Gasteiger partial charge is 0.514 e. The van der Waals surface area contributed by atoms with E-state index in [-0.39, 0.29) is 107 Å². The van der Waals surface area contributed by atoms with E-state index < -0.39 is 74.6 Å². The summed E-state index contributed by atoms with van der Waals surface area (Å²) in [5.74, 6) is 2.38. The minimum atomic E-state index is -3.60. The number of amides is 7. The van der Waals surface area contributed by atoms with E-state index in [1.165, 1.54) is 48.8 Å². The van der Waals surface area contributed by atoms with Crippen molar-refractivity contribution >= 4 is 69.2 Å². The van der Waals surface area contributed by atoms with Gasteiger partial charge in [0.15, 0.2) is 0 Å². The van der Waals surface area contributed by atoms with Crippen LogP contribution in [-0.4, -0.2) is 241 Å². The Bertz CT molecular complexity index is 3050. The number of benzene rings is 2. The number of carbonyl (C=O) groups is 8. The minimum absolute atomic E-state index is 0.0129. The van der Waals surface area contributed by atoms with Gasteiger partial charge in [-0.3, -0.25) is 34.1 Å². The minimum Gasteiger partial charge on any atom is -0.429 e. The molecule has 0 radical (unpaired) electrons. The lowest BCUT2D eigenvalue weighted by Crippen LogP contribution is -2.57. The molecule has 2 aromatic carbocycles. The predicted octanol–water partition coefficient (Wildman–Crippen LogP) is 2.26. The number of non-ortho nitro benzene ring substituents is 1. The number of anilines is 1. The molecule has 7 amide bonds. The molecule has 3 rings (SSSR count). The first kappa shape index (κ1) is 85.8. The van der Waals surface area contributed by atoms with Gasteiger partial charge in [-0.25, -0.2) is 28.0 Å². The second kappa shape index (κ2) is 53.5. The molecule has 0 saturated heterocycles. The van der Waals surface area contributed by atoms with Crippen LogP contribution >= 0.6 is 0 Å². The molecule has 0 spiro atoms. The van der Waals surface area contributed by atoms with Crippen LogP contribution in [0.15, 0.2) is 66.1 Å². The first-order chi connectivity index (χ1) is 48.2. The fourth-order valence-electron chi connectivity index (χ4n) is 8.33. The van der Waals surface area contributed by atoms with Gasteiger partial charge in [-0.05, 0) is 74.3 Å². The number of rotatable bonds is 57. The SMILES string of the molecule is CC(C)[C@H](NC(=O)[C@H](CCCCNC(=O)CCOCCOCCOCCOCCOCCOCCOCCOCCOCCOCC=O)NC(=O)CCCC#Cc1cnc(S(C)(=O)=O)nc1)C(=O)N[C@@H](CCCNC(N)=O)C(=O)Nc1ccc(COC(=O)Oc2ccc([N+](=O)[O-])cc2)cc1. The van der Waals surface area contributed by atoms with E-state index in [0.717, 1.165) is 6.26 Å². The molecule has 1 heterocycles. The Morgan fingerprint density at radius 1 is 0.590 bits per heavy atom. The van der Waals surface area contributed by atoms with Crippen LogP contribution in [0.3, 0.4) is 0 Å². The Morgan fingerprint density at radius 3 is 1.59 bits per heavy atom. The van der Waals surface area contributed by atoms with Gasteiger partial charge in [0.1, 0.15) is 43.4 Å². The van der Waals surface area contributed by atoms with Gasteiger partial charge in [-0.2, -0.15) is 0 Å². The van der Waals surface area contributed by atoms with Gasteiger partial charge in [0.2, 0.25) is 44.5 Å². The van der Waals surface area contributed by atoms with Crippen molar-refractivity contribution < 1.29 is 109 Å². The van der Waals surface area contributed by atoms with E-state index in [0.29, 0.717) is 148 Å². The molecule has 0 fully saturated rings. The molecule has 8 N–H and O–H groups in total. The average molecular weight is 1430 g/mol. The van der Waals surface area contributed by atoms with Gasteiger partial charge in [0.25, 0.3) is 5.69 Å². The summed E-state index contributed by atoms with van der Waals surface area (Å²) in [4.78, 5) is 120. The van der Waals surface area contributed by atoms with Gasteiger partial charge in [0.05, 0.1) is 136 Å². The van der Waals surface area contributed by atoms with Crippen molar-refractivity contribution in [2.75, 3.05) is 157 Å². The monoisotopic (exact) mass is 1430 g/mol. The molecule has 100 heavy (non-hydrogen) atoms. The fourth-order valence-corrected chi connectivity index (χ4v) is 8.82. The van der Waals surface area contributed by atoms with E-state index >= 15 is 0 Å².